The van der Waals surface area contributed by atoms with Gasteiger partial charge in [0.05, 0.1) is 0 Å². The highest BCUT2D eigenvalue weighted by molar-refractivity contribution is 5.43. The van der Waals surface area contributed by atoms with Crippen molar-refractivity contribution in [2.24, 2.45) is 0 Å². The number of aryl methyl sites for hydroxylation is 3. The minimum absolute atomic E-state index is 0.577. The molecule has 1 aliphatic heterocycles. The van der Waals surface area contributed by atoms with Crippen LogP contribution in [0.3, 0.4) is 0 Å². The summed E-state index contributed by atoms with van der Waals surface area (Å²) in [7, 11) is 4.28. The SMILES string of the molecule is CN(C)CCCn1ccnc1C1CCN(c2ccc3c(n2)CCCC3)CC1. The van der Waals surface area contributed by atoms with Crippen LogP contribution in [0.1, 0.15) is 55.1 Å². The van der Waals surface area contributed by atoms with Gasteiger partial charge in [-0.2, -0.15) is 0 Å². The van der Waals surface area contributed by atoms with Crippen LogP contribution in [0, 0.1) is 0 Å². The van der Waals surface area contributed by atoms with Gasteiger partial charge >= 0.3 is 0 Å². The molecule has 0 aromatic carbocycles. The van der Waals surface area contributed by atoms with E-state index in [1.165, 1.54) is 61.4 Å². The van der Waals surface area contributed by atoms with E-state index in [0.29, 0.717) is 5.92 Å². The van der Waals surface area contributed by atoms with Gasteiger partial charge in [-0.15, -0.1) is 0 Å². The average molecular weight is 368 g/mol. The monoisotopic (exact) mass is 367 g/mol. The Morgan fingerprint density at radius 1 is 1.11 bits per heavy atom. The van der Waals surface area contributed by atoms with Crippen LogP contribution in [0.2, 0.25) is 0 Å². The van der Waals surface area contributed by atoms with Gasteiger partial charge < -0.3 is 14.4 Å². The van der Waals surface area contributed by atoms with Crippen molar-refractivity contribution in [3.05, 3.63) is 41.6 Å². The van der Waals surface area contributed by atoms with E-state index in [4.69, 9.17) is 9.97 Å². The maximum atomic E-state index is 5.00. The van der Waals surface area contributed by atoms with E-state index in [1.807, 2.05) is 6.20 Å². The summed E-state index contributed by atoms with van der Waals surface area (Å²) >= 11 is 0. The lowest BCUT2D eigenvalue weighted by Gasteiger charge is -2.33. The van der Waals surface area contributed by atoms with Crippen molar-refractivity contribution in [1.29, 1.82) is 0 Å². The second kappa shape index (κ2) is 8.42. The topological polar surface area (TPSA) is 37.2 Å². The molecule has 27 heavy (non-hydrogen) atoms. The lowest BCUT2D eigenvalue weighted by atomic mass is 9.94. The molecule has 3 heterocycles. The number of aromatic nitrogens is 3. The number of fused-ring (bicyclic) bond motifs is 1. The first-order valence-corrected chi connectivity index (χ1v) is 10.6. The van der Waals surface area contributed by atoms with Crippen LogP contribution in [-0.2, 0) is 19.4 Å². The summed E-state index contributed by atoms with van der Waals surface area (Å²) in [5.41, 5.74) is 2.82. The third-order valence-electron chi connectivity index (χ3n) is 6.10. The normalized spacial score (nSPS) is 18.1. The summed E-state index contributed by atoms with van der Waals surface area (Å²) in [5, 5.41) is 0. The van der Waals surface area contributed by atoms with Crippen LogP contribution < -0.4 is 4.90 Å². The smallest absolute Gasteiger partial charge is 0.128 e. The largest absolute Gasteiger partial charge is 0.357 e. The Morgan fingerprint density at radius 2 is 1.93 bits per heavy atom. The van der Waals surface area contributed by atoms with Crippen LogP contribution >= 0.6 is 0 Å². The van der Waals surface area contributed by atoms with Gasteiger partial charge in [-0.3, -0.25) is 0 Å². The number of imidazole rings is 1. The van der Waals surface area contributed by atoms with Crippen molar-refractivity contribution >= 4 is 5.82 Å². The van der Waals surface area contributed by atoms with Crippen molar-refractivity contribution < 1.29 is 0 Å². The van der Waals surface area contributed by atoms with Crippen molar-refractivity contribution in [1.82, 2.24) is 19.4 Å². The zero-order valence-electron chi connectivity index (χ0n) is 16.9. The Morgan fingerprint density at radius 3 is 2.74 bits per heavy atom. The summed E-state index contributed by atoms with van der Waals surface area (Å²) < 4.78 is 2.38. The van der Waals surface area contributed by atoms with Gasteiger partial charge in [0.2, 0.25) is 0 Å². The quantitative estimate of drug-likeness (QED) is 0.783. The molecule has 0 atom stereocenters. The average Bonchev–Trinajstić information content (AvgIpc) is 3.16. The maximum absolute atomic E-state index is 5.00. The summed E-state index contributed by atoms with van der Waals surface area (Å²) in [6.45, 7) is 4.36. The van der Waals surface area contributed by atoms with E-state index in [-0.39, 0.29) is 0 Å². The first-order chi connectivity index (χ1) is 13.2. The molecule has 0 N–H and O–H groups in total. The summed E-state index contributed by atoms with van der Waals surface area (Å²) in [4.78, 5) is 14.4. The lowest BCUT2D eigenvalue weighted by Crippen LogP contribution is -2.34. The Bertz CT molecular complexity index is 743. The van der Waals surface area contributed by atoms with Crippen LogP contribution in [0.15, 0.2) is 24.5 Å². The molecule has 1 fully saturated rings. The van der Waals surface area contributed by atoms with Crippen molar-refractivity contribution in [3.8, 4) is 0 Å². The number of hydrogen-bond acceptors (Lipinski definition) is 4. The predicted octanol–water partition coefficient (Wildman–Crippen LogP) is 3.49. The van der Waals surface area contributed by atoms with Crippen LogP contribution in [0.4, 0.5) is 5.82 Å². The van der Waals surface area contributed by atoms with Crippen molar-refractivity contribution in [3.63, 3.8) is 0 Å². The van der Waals surface area contributed by atoms with Gasteiger partial charge in [0, 0.05) is 43.6 Å². The Hall–Kier alpha value is -1.88. The predicted molar refractivity (Wildman–Crippen MR) is 110 cm³/mol. The number of rotatable bonds is 6. The van der Waals surface area contributed by atoms with Gasteiger partial charge in [-0.05, 0) is 77.2 Å². The molecule has 2 aromatic rings. The summed E-state index contributed by atoms with van der Waals surface area (Å²) in [6.07, 6.45) is 12.6. The first-order valence-electron chi connectivity index (χ1n) is 10.6. The van der Waals surface area contributed by atoms with Crippen LogP contribution in [-0.4, -0.2) is 53.2 Å². The summed E-state index contributed by atoms with van der Waals surface area (Å²) in [6, 6.07) is 4.56. The van der Waals surface area contributed by atoms with E-state index in [9.17, 15) is 0 Å². The van der Waals surface area contributed by atoms with Crippen molar-refractivity contribution in [2.75, 3.05) is 38.6 Å². The highest BCUT2D eigenvalue weighted by atomic mass is 15.2. The van der Waals surface area contributed by atoms with Crippen LogP contribution in [0.25, 0.3) is 0 Å². The molecule has 2 aromatic heterocycles. The highest BCUT2D eigenvalue weighted by Crippen LogP contribution is 2.30. The maximum Gasteiger partial charge on any atom is 0.128 e. The fraction of sp³-hybridized carbons (Fsp3) is 0.636. The Kier molecular flexibility index (Phi) is 5.77. The number of nitrogens with zero attached hydrogens (tertiary/aromatic N) is 5. The van der Waals surface area contributed by atoms with Crippen molar-refractivity contribution in [2.45, 2.75) is 57.4 Å². The molecule has 5 heteroatoms. The molecule has 0 radical (unpaired) electrons. The van der Waals surface area contributed by atoms with Gasteiger partial charge in [-0.1, -0.05) is 6.07 Å². The van der Waals surface area contributed by atoms with Gasteiger partial charge in [0.1, 0.15) is 11.6 Å². The lowest BCUT2D eigenvalue weighted by molar-refractivity contribution is 0.380. The number of hydrogen-bond donors (Lipinski definition) is 0. The number of pyridine rings is 1. The fourth-order valence-electron chi connectivity index (χ4n) is 4.54. The highest BCUT2D eigenvalue weighted by Gasteiger charge is 2.25. The van der Waals surface area contributed by atoms with Gasteiger partial charge in [-0.25, -0.2) is 9.97 Å². The Labute approximate surface area is 163 Å². The molecule has 0 spiro atoms. The van der Waals surface area contributed by atoms with Gasteiger partial charge in [0.15, 0.2) is 0 Å². The molecule has 0 amide bonds. The van der Waals surface area contributed by atoms with Crippen LogP contribution in [0.5, 0.6) is 0 Å². The molecule has 1 saturated heterocycles. The number of anilines is 1. The fourth-order valence-corrected chi connectivity index (χ4v) is 4.54. The van der Waals surface area contributed by atoms with E-state index in [2.05, 4.69) is 46.8 Å². The molecule has 2 aliphatic rings. The molecular weight excluding hydrogens is 334 g/mol. The third-order valence-corrected chi connectivity index (χ3v) is 6.10. The standard InChI is InChI=1S/C22H33N5/c1-25(2)13-5-14-27-17-12-23-22(27)19-10-15-26(16-11-19)21-9-8-18-6-3-4-7-20(18)24-21/h8-9,12,17,19H,3-7,10-11,13-16H2,1-2H3. The van der Waals surface area contributed by atoms with E-state index < -0.39 is 0 Å². The first kappa shape index (κ1) is 18.5. The zero-order chi connectivity index (χ0) is 18.6. The summed E-state index contributed by atoms with van der Waals surface area (Å²) in [5.74, 6) is 3.04. The van der Waals surface area contributed by atoms with E-state index in [0.717, 1.165) is 32.6 Å². The molecule has 0 unspecified atom stereocenters. The number of piperidine rings is 1. The molecule has 1 aliphatic carbocycles. The van der Waals surface area contributed by atoms with E-state index >= 15 is 0 Å². The second-order valence-corrected chi connectivity index (χ2v) is 8.38. The zero-order valence-corrected chi connectivity index (χ0v) is 16.9. The molecule has 0 bridgehead atoms. The molecule has 0 saturated carbocycles. The van der Waals surface area contributed by atoms with E-state index in [1.54, 1.807) is 0 Å². The molecular formula is C22H33N5. The second-order valence-electron chi connectivity index (χ2n) is 8.38. The molecule has 146 valence electrons. The molecule has 5 nitrogen and oxygen atoms in total. The Balaban J connectivity index is 1.36. The molecule has 4 rings (SSSR count). The third kappa shape index (κ3) is 4.34. The van der Waals surface area contributed by atoms with Gasteiger partial charge in [0.25, 0.3) is 0 Å². The minimum atomic E-state index is 0.577. The minimum Gasteiger partial charge on any atom is -0.357 e.